The minimum Gasteiger partial charge on any atom is -0.253 e. The molecule has 0 N–H and O–H groups in total. The zero-order chi connectivity index (χ0) is 8.55. The van der Waals surface area contributed by atoms with Crippen LogP contribution < -0.4 is 0 Å². The molecule has 0 aliphatic rings. The highest BCUT2D eigenvalue weighted by molar-refractivity contribution is 6.28. The van der Waals surface area contributed by atoms with Crippen LogP contribution in [0.15, 0.2) is 18.3 Å². The molecule has 0 aliphatic heterocycles. The second-order valence-corrected chi connectivity index (χ2v) is 2.79. The Bertz CT molecular complexity index is 428. The van der Waals surface area contributed by atoms with Gasteiger partial charge in [-0.25, -0.2) is 9.97 Å². The number of hydrogen-bond donors (Lipinski definition) is 0. The van der Waals surface area contributed by atoms with Crippen molar-refractivity contribution in [3.63, 3.8) is 0 Å². The number of fused-ring (bicyclic) bond motifs is 1. The molecule has 2 aromatic rings. The second kappa shape index (κ2) is 2.68. The van der Waals surface area contributed by atoms with E-state index < -0.39 is 0 Å². The topological polar surface area (TPSA) is 38.7 Å². The van der Waals surface area contributed by atoms with E-state index in [2.05, 4.69) is 15.0 Å². The molecular weight excluding hydrogens is 174 g/mol. The fraction of sp³-hybridized carbons (Fsp3) is 0.125. The van der Waals surface area contributed by atoms with E-state index in [9.17, 15) is 0 Å². The molecule has 0 saturated heterocycles. The fourth-order valence-corrected chi connectivity index (χ4v) is 1.30. The summed E-state index contributed by atoms with van der Waals surface area (Å²) in [4.78, 5) is 12.2. The van der Waals surface area contributed by atoms with Crippen LogP contribution >= 0.6 is 11.6 Å². The van der Waals surface area contributed by atoms with E-state index in [0.29, 0.717) is 0 Å². The molecule has 3 nitrogen and oxygen atoms in total. The summed E-state index contributed by atoms with van der Waals surface area (Å²) in [5.74, 6) is 0. The molecule has 2 rings (SSSR count). The van der Waals surface area contributed by atoms with E-state index in [1.54, 1.807) is 6.20 Å². The van der Waals surface area contributed by atoms with E-state index in [1.165, 1.54) is 0 Å². The molecule has 0 saturated carbocycles. The summed E-state index contributed by atoms with van der Waals surface area (Å²) >= 11 is 5.67. The average molecular weight is 180 g/mol. The smallest absolute Gasteiger partial charge is 0.223 e. The van der Waals surface area contributed by atoms with Crippen LogP contribution in [0.5, 0.6) is 0 Å². The zero-order valence-corrected chi connectivity index (χ0v) is 7.21. The lowest BCUT2D eigenvalue weighted by Gasteiger charge is -1.98. The van der Waals surface area contributed by atoms with Gasteiger partial charge in [0, 0.05) is 6.20 Å². The van der Waals surface area contributed by atoms with Gasteiger partial charge >= 0.3 is 0 Å². The largest absolute Gasteiger partial charge is 0.253 e. The Morgan fingerprint density at radius 1 is 1.33 bits per heavy atom. The molecule has 0 aliphatic carbocycles. The number of aryl methyl sites for hydroxylation is 1. The lowest BCUT2D eigenvalue weighted by Crippen LogP contribution is -1.91. The monoisotopic (exact) mass is 179 g/mol. The van der Waals surface area contributed by atoms with E-state index in [-0.39, 0.29) is 5.28 Å². The number of rotatable bonds is 0. The Balaban J connectivity index is 2.89. The third kappa shape index (κ3) is 1.12. The maximum atomic E-state index is 5.67. The lowest BCUT2D eigenvalue weighted by molar-refractivity contribution is 1.13. The van der Waals surface area contributed by atoms with Gasteiger partial charge in [-0.05, 0) is 30.7 Å². The third-order valence-electron chi connectivity index (χ3n) is 1.60. The number of pyridine rings is 1. The fourth-order valence-electron chi connectivity index (χ4n) is 1.08. The SMILES string of the molecule is Cc1nc(Cl)nc2cccnc12. The van der Waals surface area contributed by atoms with Crippen LogP contribution in [0.4, 0.5) is 0 Å². The molecule has 2 aromatic heterocycles. The highest BCUT2D eigenvalue weighted by Crippen LogP contribution is 2.13. The molecule has 0 aromatic carbocycles. The minimum absolute atomic E-state index is 0.271. The van der Waals surface area contributed by atoms with Crippen LogP contribution in [0, 0.1) is 6.92 Å². The molecular formula is C8H6ClN3. The summed E-state index contributed by atoms with van der Waals surface area (Å²) in [6.45, 7) is 1.86. The predicted molar refractivity (Wildman–Crippen MR) is 47.1 cm³/mol. The van der Waals surface area contributed by atoms with Crippen LogP contribution in [-0.2, 0) is 0 Å². The molecule has 0 spiro atoms. The Morgan fingerprint density at radius 3 is 3.00 bits per heavy atom. The molecule has 4 heteroatoms. The van der Waals surface area contributed by atoms with E-state index in [4.69, 9.17) is 11.6 Å². The minimum atomic E-state index is 0.271. The first-order valence-electron chi connectivity index (χ1n) is 3.52. The summed E-state index contributed by atoms with van der Waals surface area (Å²) in [5, 5.41) is 0.271. The Kier molecular flexibility index (Phi) is 1.66. The van der Waals surface area contributed by atoms with Crippen molar-refractivity contribution in [1.29, 1.82) is 0 Å². The quantitative estimate of drug-likeness (QED) is 0.581. The predicted octanol–water partition coefficient (Wildman–Crippen LogP) is 1.99. The maximum Gasteiger partial charge on any atom is 0.223 e. The van der Waals surface area contributed by atoms with Gasteiger partial charge in [-0.3, -0.25) is 4.98 Å². The van der Waals surface area contributed by atoms with Gasteiger partial charge in [-0.1, -0.05) is 0 Å². The summed E-state index contributed by atoms with van der Waals surface area (Å²) in [6.07, 6.45) is 1.71. The second-order valence-electron chi connectivity index (χ2n) is 2.45. The van der Waals surface area contributed by atoms with Crippen molar-refractivity contribution in [3.8, 4) is 0 Å². The first-order valence-corrected chi connectivity index (χ1v) is 3.90. The van der Waals surface area contributed by atoms with Crippen LogP contribution in [0.2, 0.25) is 5.28 Å². The van der Waals surface area contributed by atoms with Gasteiger partial charge < -0.3 is 0 Å². The van der Waals surface area contributed by atoms with Gasteiger partial charge in [0.2, 0.25) is 5.28 Å². The molecule has 0 amide bonds. The van der Waals surface area contributed by atoms with Crippen molar-refractivity contribution in [2.24, 2.45) is 0 Å². The highest BCUT2D eigenvalue weighted by Gasteiger charge is 2.01. The first-order chi connectivity index (χ1) is 5.77. The average Bonchev–Trinajstić information content (AvgIpc) is 2.04. The summed E-state index contributed by atoms with van der Waals surface area (Å²) in [7, 11) is 0. The summed E-state index contributed by atoms with van der Waals surface area (Å²) in [6, 6.07) is 3.69. The van der Waals surface area contributed by atoms with Crippen LogP contribution in [-0.4, -0.2) is 15.0 Å². The van der Waals surface area contributed by atoms with Crippen LogP contribution in [0.3, 0.4) is 0 Å². The van der Waals surface area contributed by atoms with Gasteiger partial charge in [0.1, 0.15) is 5.52 Å². The molecule has 0 fully saturated rings. The molecule has 0 bridgehead atoms. The zero-order valence-electron chi connectivity index (χ0n) is 6.45. The van der Waals surface area contributed by atoms with Crippen molar-refractivity contribution >= 4 is 22.6 Å². The molecule has 60 valence electrons. The molecule has 0 unspecified atom stereocenters. The Morgan fingerprint density at radius 2 is 2.17 bits per heavy atom. The highest BCUT2D eigenvalue weighted by atomic mass is 35.5. The number of aromatic nitrogens is 3. The molecule has 0 atom stereocenters. The Hall–Kier alpha value is -1.22. The van der Waals surface area contributed by atoms with Gasteiger partial charge in [0.25, 0.3) is 0 Å². The number of halogens is 1. The van der Waals surface area contributed by atoms with Crippen molar-refractivity contribution < 1.29 is 0 Å². The summed E-state index contributed by atoms with van der Waals surface area (Å²) in [5.41, 5.74) is 2.41. The molecule has 12 heavy (non-hydrogen) atoms. The number of nitrogens with zero attached hydrogens (tertiary/aromatic N) is 3. The van der Waals surface area contributed by atoms with E-state index >= 15 is 0 Å². The standard InChI is InChI=1S/C8H6ClN3/c1-5-7-6(3-2-4-10-7)12-8(9)11-5/h2-4H,1H3. The first kappa shape index (κ1) is 7.43. The normalized spacial score (nSPS) is 10.5. The molecule has 0 radical (unpaired) electrons. The van der Waals surface area contributed by atoms with Crippen molar-refractivity contribution in [3.05, 3.63) is 29.3 Å². The van der Waals surface area contributed by atoms with Gasteiger partial charge in [0.05, 0.1) is 11.2 Å². The van der Waals surface area contributed by atoms with Gasteiger partial charge in [-0.15, -0.1) is 0 Å². The lowest BCUT2D eigenvalue weighted by atomic mass is 10.3. The van der Waals surface area contributed by atoms with Crippen molar-refractivity contribution in [2.45, 2.75) is 6.92 Å². The van der Waals surface area contributed by atoms with Gasteiger partial charge in [-0.2, -0.15) is 0 Å². The van der Waals surface area contributed by atoms with Crippen molar-refractivity contribution in [1.82, 2.24) is 15.0 Å². The van der Waals surface area contributed by atoms with E-state index in [1.807, 2.05) is 19.1 Å². The summed E-state index contributed by atoms with van der Waals surface area (Å²) < 4.78 is 0. The van der Waals surface area contributed by atoms with E-state index in [0.717, 1.165) is 16.7 Å². The van der Waals surface area contributed by atoms with Crippen molar-refractivity contribution in [2.75, 3.05) is 0 Å². The van der Waals surface area contributed by atoms with Gasteiger partial charge in [0.15, 0.2) is 0 Å². The van der Waals surface area contributed by atoms with Crippen LogP contribution in [0.25, 0.3) is 11.0 Å². The third-order valence-corrected chi connectivity index (χ3v) is 1.77. The maximum absolute atomic E-state index is 5.67. The Labute approximate surface area is 74.4 Å². The molecule has 2 heterocycles. The van der Waals surface area contributed by atoms with Crippen LogP contribution in [0.1, 0.15) is 5.69 Å². The number of hydrogen-bond acceptors (Lipinski definition) is 3.